The van der Waals surface area contributed by atoms with Gasteiger partial charge in [0.1, 0.15) is 6.61 Å². The Hall–Kier alpha value is -3.15. The summed E-state index contributed by atoms with van der Waals surface area (Å²) in [5.74, 6) is 2.76. The maximum atomic E-state index is 5.63. The van der Waals surface area contributed by atoms with Gasteiger partial charge in [-0.2, -0.15) is 5.10 Å². The highest BCUT2D eigenvalue weighted by atomic mass is 16.5. The molecule has 144 valence electrons. The van der Waals surface area contributed by atoms with Gasteiger partial charge in [-0.1, -0.05) is 18.7 Å². The second-order valence-electron chi connectivity index (χ2n) is 5.52. The molecule has 1 N–H and O–H groups in total. The highest BCUT2D eigenvalue weighted by Gasteiger charge is 2.06. The van der Waals surface area contributed by atoms with Gasteiger partial charge in [-0.15, -0.1) is 0 Å². The number of nitrogens with one attached hydrogen (secondary N) is 1. The van der Waals surface area contributed by atoms with E-state index < -0.39 is 0 Å². The molecule has 0 aromatic heterocycles. The molecule has 0 heterocycles. The fraction of sp³-hybridized carbons (Fsp3) is 0.286. The lowest BCUT2D eigenvalue weighted by molar-refractivity contribution is 0.297. The number of rotatable bonds is 11. The molecular formula is C21H26N2O4. The lowest BCUT2D eigenvalue weighted by Gasteiger charge is -2.11. The van der Waals surface area contributed by atoms with Crippen molar-refractivity contribution in [3.05, 3.63) is 60.2 Å². The van der Waals surface area contributed by atoms with E-state index in [1.165, 1.54) is 0 Å². The zero-order chi connectivity index (χ0) is 19.5. The Balaban J connectivity index is 1.99. The van der Waals surface area contributed by atoms with Gasteiger partial charge in [0.15, 0.2) is 23.0 Å². The van der Waals surface area contributed by atoms with Crippen LogP contribution >= 0.6 is 0 Å². The highest BCUT2D eigenvalue weighted by Crippen LogP contribution is 2.28. The fourth-order valence-corrected chi connectivity index (χ4v) is 2.39. The number of ether oxygens (including phenoxy) is 4. The van der Waals surface area contributed by atoms with Gasteiger partial charge in [0.25, 0.3) is 0 Å². The Labute approximate surface area is 160 Å². The van der Waals surface area contributed by atoms with E-state index in [0.717, 1.165) is 11.1 Å². The van der Waals surface area contributed by atoms with Crippen molar-refractivity contribution in [1.82, 2.24) is 5.43 Å². The molecule has 6 heteroatoms. The first-order valence-corrected chi connectivity index (χ1v) is 8.69. The van der Waals surface area contributed by atoms with Crippen LogP contribution in [-0.2, 0) is 6.54 Å². The van der Waals surface area contributed by atoms with Gasteiger partial charge >= 0.3 is 0 Å². The predicted octanol–water partition coefficient (Wildman–Crippen LogP) is 3.79. The van der Waals surface area contributed by atoms with Crippen LogP contribution in [0.2, 0.25) is 0 Å². The molecule has 2 rings (SSSR count). The van der Waals surface area contributed by atoms with Gasteiger partial charge in [0.2, 0.25) is 0 Å². The molecule has 27 heavy (non-hydrogen) atoms. The van der Waals surface area contributed by atoms with Crippen molar-refractivity contribution in [3.8, 4) is 23.0 Å². The monoisotopic (exact) mass is 370 g/mol. The minimum absolute atomic E-state index is 0.431. The molecule has 0 amide bonds. The van der Waals surface area contributed by atoms with E-state index in [4.69, 9.17) is 18.9 Å². The molecule has 0 unspecified atom stereocenters. The molecule has 0 aliphatic rings. The molecule has 0 spiro atoms. The van der Waals surface area contributed by atoms with Crippen molar-refractivity contribution < 1.29 is 18.9 Å². The average molecular weight is 370 g/mol. The van der Waals surface area contributed by atoms with E-state index in [1.54, 1.807) is 26.5 Å². The van der Waals surface area contributed by atoms with Gasteiger partial charge in [-0.3, -0.25) is 0 Å². The van der Waals surface area contributed by atoms with Crippen LogP contribution in [0.4, 0.5) is 0 Å². The van der Waals surface area contributed by atoms with Crippen LogP contribution in [-0.4, -0.2) is 33.6 Å². The molecule has 2 aromatic carbocycles. The minimum Gasteiger partial charge on any atom is -0.493 e. The summed E-state index contributed by atoms with van der Waals surface area (Å²) in [6, 6.07) is 11.4. The number of benzene rings is 2. The minimum atomic E-state index is 0.431. The molecule has 0 fully saturated rings. The van der Waals surface area contributed by atoms with Crippen LogP contribution in [0.15, 0.2) is 54.2 Å². The second-order valence-corrected chi connectivity index (χ2v) is 5.52. The Kier molecular flexibility index (Phi) is 8.03. The molecule has 0 aliphatic heterocycles. The number of hydrogen-bond acceptors (Lipinski definition) is 6. The maximum absolute atomic E-state index is 5.63. The van der Waals surface area contributed by atoms with Crippen LogP contribution < -0.4 is 24.4 Å². The third-order valence-corrected chi connectivity index (χ3v) is 3.66. The Morgan fingerprint density at radius 1 is 0.963 bits per heavy atom. The van der Waals surface area contributed by atoms with Gasteiger partial charge in [0.05, 0.1) is 33.6 Å². The van der Waals surface area contributed by atoms with E-state index in [1.807, 2.05) is 43.3 Å². The predicted molar refractivity (Wildman–Crippen MR) is 107 cm³/mol. The molecule has 0 aliphatic carbocycles. The zero-order valence-corrected chi connectivity index (χ0v) is 16.0. The summed E-state index contributed by atoms with van der Waals surface area (Å²) < 4.78 is 21.8. The van der Waals surface area contributed by atoms with Crippen LogP contribution in [0, 0.1) is 0 Å². The summed E-state index contributed by atoms with van der Waals surface area (Å²) in [6.07, 6.45) is 3.43. The fourth-order valence-electron chi connectivity index (χ4n) is 2.39. The van der Waals surface area contributed by atoms with Crippen molar-refractivity contribution in [3.63, 3.8) is 0 Å². The van der Waals surface area contributed by atoms with Crippen LogP contribution in [0.5, 0.6) is 23.0 Å². The number of hydrogen-bond donors (Lipinski definition) is 1. The van der Waals surface area contributed by atoms with Crippen LogP contribution in [0.25, 0.3) is 0 Å². The summed E-state index contributed by atoms with van der Waals surface area (Å²) in [5.41, 5.74) is 4.97. The molecule has 2 aromatic rings. The van der Waals surface area contributed by atoms with Crippen molar-refractivity contribution in [1.29, 1.82) is 0 Å². The van der Waals surface area contributed by atoms with Gasteiger partial charge in [0, 0.05) is 0 Å². The summed E-state index contributed by atoms with van der Waals surface area (Å²) in [7, 11) is 3.23. The first-order chi connectivity index (χ1) is 13.2. The third kappa shape index (κ3) is 5.95. The summed E-state index contributed by atoms with van der Waals surface area (Å²) in [4.78, 5) is 0. The van der Waals surface area contributed by atoms with Crippen molar-refractivity contribution in [2.24, 2.45) is 5.10 Å². The smallest absolute Gasteiger partial charge is 0.161 e. The molecule has 0 saturated heterocycles. The van der Waals surface area contributed by atoms with Gasteiger partial charge in [-0.05, 0) is 48.4 Å². The lowest BCUT2D eigenvalue weighted by atomic mass is 10.2. The SMILES string of the molecule is C=CCOc1ccc(/C=N/NCc2ccc(OC)c(OC)c2)cc1OCC. The van der Waals surface area contributed by atoms with Crippen LogP contribution in [0.3, 0.4) is 0 Å². The Bertz CT molecular complexity index is 775. The molecule has 0 atom stereocenters. The summed E-state index contributed by atoms with van der Waals surface area (Å²) >= 11 is 0. The van der Waals surface area contributed by atoms with E-state index in [2.05, 4.69) is 17.1 Å². The van der Waals surface area contributed by atoms with Crippen LogP contribution in [0.1, 0.15) is 18.1 Å². The second kappa shape index (κ2) is 10.8. The van der Waals surface area contributed by atoms with Gasteiger partial charge < -0.3 is 24.4 Å². The van der Waals surface area contributed by atoms with Crippen molar-refractivity contribution in [2.45, 2.75) is 13.5 Å². The number of nitrogens with zero attached hydrogens (tertiary/aromatic N) is 1. The molecule has 6 nitrogen and oxygen atoms in total. The van der Waals surface area contributed by atoms with Gasteiger partial charge in [-0.25, -0.2) is 0 Å². The Morgan fingerprint density at radius 2 is 1.74 bits per heavy atom. The highest BCUT2D eigenvalue weighted by molar-refractivity contribution is 5.80. The molecule has 0 bridgehead atoms. The summed E-state index contributed by atoms with van der Waals surface area (Å²) in [5, 5.41) is 4.27. The first-order valence-electron chi connectivity index (χ1n) is 8.69. The molecule has 0 radical (unpaired) electrons. The number of methoxy groups -OCH3 is 2. The number of hydrazone groups is 1. The third-order valence-electron chi connectivity index (χ3n) is 3.66. The average Bonchev–Trinajstić information content (AvgIpc) is 2.70. The lowest BCUT2D eigenvalue weighted by Crippen LogP contribution is -2.06. The first kappa shape index (κ1) is 20.2. The quantitative estimate of drug-likeness (QED) is 0.370. The van der Waals surface area contributed by atoms with E-state index in [0.29, 0.717) is 42.8 Å². The maximum Gasteiger partial charge on any atom is 0.161 e. The van der Waals surface area contributed by atoms with E-state index >= 15 is 0 Å². The van der Waals surface area contributed by atoms with Crippen molar-refractivity contribution >= 4 is 6.21 Å². The standard InChI is InChI=1S/C21H26N2O4/c1-5-11-27-19-10-8-17(13-21(19)26-6-2)15-23-22-14-16-7-9-18(24-3)20(12-16)25-4/h5,7-10,12-13,15,22H,1,6,11,14H2,2-4H3/b23-15+. The van der Waals surface area contributed by atoms with E-state index in [-0.39, 0.29) is 0 Å². The Morgan fingerprint density at radius 3 is 2.44 bits per heavy atom. The summed E-state index contributed by atoms with van der Waals surface area (Å²) in [6.45, 7) is 7.14. The largest absolute Gasteiger partial charge is 0.493 e. The zero-order valence-electron chi connectivity index (χ0n) is 16.0. The molecule has 0 saturated carbocycles. The van der Waals surface area contributed by atoms with Crippen molar-refractivity contribution in [2.75, 3.05) is 27.4 Å². The topological polar surface area (TPSA) is 61.3 Å². The van der Waals surface area contributed by atoms with E-state index in [9.17, 15) is 0 Å². The molecular weight excluding hydrogens is 344 g/mol. The normalized spacial score (nSPS) is 10.5.